The number of aromatic nitrogens is 4. The van der Waals surface area contributed by atoms with Gasteiger partial charge in [-0.2, -0.15) is 19.6 Å². The molecule has 0 amide bonds. The first-order valence-corrected chi connectivity index (χ1v) is 11.7. The van der Waals surface area contributed by atoms with Gasteiger partial charge in [0.05, 0.1) is 6.20 Å². The number of nitrogens with one attached hydrogen (secondary N) is 2. The first-order chi connectivity index (χ1) is 16.7. The molecule has 8 nitrogen and oxygen atoms in total. The minimum absolute atomic E-state index is 0. The van der Waals surface area contributed by atoms with Crippen LogP contribution in [0.4, 0.5) is 5.95 Å². The van der Waals surface area contributed by atoms with E-state index in [1.54, 1.807) is 4.52 Å². The number of hydrogen-bond donors (Lipinski definition) is 2. The SMILES string of the molecule is CC(C)c1cnn2c(NCc3ccccc3Oc3ccccc3)nc(O[C-]3CCCNC3)nc12.[Lr]. The van der Waals surface area contributed by atoms with E-state index in [-0.39, 0.29) is 5.92 Å². The predicted molar refractivity (Wildman–Crippen MR) is 131 cm³/mol. The number of ether oxygens (including phenoxy) is 2. The van der Waals surface area contributed by atoms with E-state index in [9.17, 15) is 0 Å². The van der Waals surface area contributed by atoms with Crippen LogP contribution in [0, 0.1) is 6.10 Å². The number of para-hydroxylation sites is 2. The van der Waals surface area contributed by atoms with Gasteiger partial charge in [0.15, 0.2) is 5.65 Å². The Morgan fingerprint density at radius 2 is 1.89 bits per heavy atom. The predicted octanol–water partition coefficient (Wildman–Crippen LogP) is 4.95. The zero-order valence-electron chi connectivity index (χ0n) is 19.7. The first kappa shape index (κ1) is 23.5. The van der Waals surface area contributed by atoms with E-state index in [4.69, 9.17) is 14.5 Å². The fourth-order valence-corrected chi connectivity index (χ4v) is 3.92. The molecule has 191 valence electrons. The van der Waals surface area contributed by atoms with Crippen molar-refractivity contribution in [2.24, 2.45) is 0 Å². The average Bonchev–Trinajstić information content (AvgIpc) is 3.29. The van der Waals surface area contributed by atoms with Crippen molar-refractivity contribution in [3.63, 3.8) is 0 Å². The first-order valence-electron chi connectivity index (χ1n) is 11.7. The van der Waals surface area contributed by atoms with Crippen molar-refractivity contribution in [1.82, 2.24) is 24.9 Å². The third-order valence-corrected chi connectivity index (χ3v) is 5.74. The smallest absolute Gasteiger partial charge is 0.289 e. The van der Waals surface area contributed by atoms with Crippen LogP contribution in [-0.4, -0.2) is 32.7 Å². The van der Waals surface area contributed by atoms with Crippen molar-refractivity contribution in [1.29, 1.82) is 0 Å². The molecular weight excluding hydrogens is 690 g/mol. The molecule has 1 aliphatic rings. The summed E-state index contributed by atoms with van der Waals surface area (Å²) in [4.78, 5) is 9.36. The van der Waals surface area contributed by atoms with Crippen LogP contribution in [-0.2, 0) is 6.54 Å². The van der Waals surface area contributed by atoms with E-state index in [0.717, 1.165) is 60.3 Å². The molecule has 1 fully saturated rings. The maximum atomic E-state index is 6.12. The van der Waals surface area contributed by atoms with Gasteiger partial charge in [0.1, 0.15) is 11.5 Å². The molecule has 9 heteroatoms. The topological polar surface area (TPSA) is 85.6 Å². The van der Waals surface area contributed by atoms with Crippen molar-refractivity contribution in [2.75, 3.05) is 18.4 Å². The summed E-state index contributed by atoms with van der Waals surface area (Å²) in [6.45, 7) is 6.49. The van der Waals surface area contributed by atoms with Gasteiger partial charge >= 0.3 is 0 Å². The van der Waals surface area contributed by atoms with Crippen LogP contribution in [0.1, 0.15) is 43.7 Å². The molecule has 0 unspecified atom stereocenters. The molecule has 0 atom stereocenters. The van der Waals surface area contributed by atoms with E-state index in [1.807, 2.05) is 60.8 Å². The number of benzene rings is 2. The van der Waals surface area contributed by atoms with E-state index in [1.165, 1.54) is 0 Å². The van der Waals surface area contributed by atoms with Crippen LogP contribution in [0.5, 0.6) is 17.5 Å². The number of anilines is 1. The van der Waals surface area contributed by atoms with Crippen LogP contribution >= 0.6 is 0 Å². The second-order valence-corrected chi connectivity index (χ2v) is 8.62. The van der Waals surface area contributed by atoms with Gasteiger partial charge in [0.2, 0.25) is 5.95 Å². The van der Waals surface area contributed by atoms with Gasteiger partial charge in [-0.1, -0.05) is 63.2 Å². The van der Waals surface area contributed by atoms with E-state index in [2.05, 4.69) is 34.6 Å². The molecular formula is C26H29LrN6O2-. The number of nitrogens with zero attached hydrogens (tertiary/aromatic N) is 4. The van der Waals surface area contributed by atoms with Crippen LogP contribution < -0.4 is 20.1 Å². The summed E-state index contributed by atoms with van der Waals surface area (Å²) in [7, 11) is 0. The quantitative estimate of drug-likeness (QED) is 0.250. The second kappa shape index (κ2) is 10.5. The molecule has 4 aromatic rings. The van der Waals surface area contributed by atoms with Crippen molar-refractivity contribution in [2.45, 2.75) is 39.2 Å². The van der Waals surface area contributed by atoms with Gasteiger partial charge < -0.3 is 20.1 Å². The van der Waals surface area contributed by atoms with Crippen LogP contribution in [0.3, 0.4) is 0 Å². The minimum Gasteiger partial charge on any atom is -0.630 e. The van der Waals surface area contributed by atoms with Gasteiger partial charge in [-0.3, -0.25) is 0 Å². The molecule has 35 heavy (non-hydrogen) atoms. The van der Waals surface area contributed by atoms with Gasteiger partial charge in [-0.25, -0.2) is 0 Å². The molecule has 1 radical (unpaired) electrons. The zero-order chi connectivity index (χ0) is 23.3. The Hall–Kier alpha value is -4.65. The standard InChI is InChI=1S/C26H29N6O2.Lr/c1-18(2)22-17-29-32-24(22)30-26(34-21-12-8-14-27-16-21)31-25(32)28-15-19-9-6-7-13-23(19)33-20-10-4-3-5-11-20;/h3-7,9-11,13,17-18,27H,8,12,14-16H2,1-2H3,(H,28,30,31);/q-1;. The van der Waals surface area contributed by atoms with Crippen molar-refractivity contribution in [3.8, 4) is 17.5 Å². The molecule has 5 rings (SSSR count). The van der Waals surface area contributed by atoms with Gasteiger partial charge in [0, 0.05) is 17.7 Å². The molecule has 3 heterocycles. The number of fused-ring (bicyclic) bond motifs is 1. The Morgan fingerprint density at radius 3 is 2.66 bits per heavy atom. The normalized spacial score (nSPS) is 14.0. The Labute approximate surface area is 199 Å². The number of hydrogen-bond acceptors (Lipinski definition) is 7. The number of rotatable bonds is 8. The third kappa shape index (κ3) is 5.30. The van der Waals surface area contributed by atoms with Gasteiger partial charge in [-0.05, 0) is 30.7 Å². The molecule has 0 bridgehead atoms. The van der Waals surface area contributed by atoms with Crippen molar-refractivity contribution in [3.05, 3.63) is 78.0 Å². The summed E-state index contributed by atoms with van der Waals surface area (Å²) in [6.07, 6.45) is 4.76. The molecule has 0 spiro atoms. The fourth-order valence-electron chi connectivity index (χ4n) is 3.92. The molecule has 0 aliphatic carbocycles. The summed E-state index contributed by atoms with van der Waals surface area (Å²) in [5.74, 6) is 2.43. The van der Waals surface area contributed by atoms with Gasteiger partial charge in [-0.15, -0.1) is 12.5 Å². The maximum Gasteiger partial charge on any atom is 0.289 e. The summed E-state index contributed by atoms with van der Waals surface area (Å²) in [6, 6.07) is 18.1. The summed E-state index contributed by atoms with van der Waals surface area (Å²) in [5.41, 5.74) is 2.80. The molecule has 1 saturated heterocycles. The third-order valence-electron chi connectivity index (χ3n) is 5.74. The Bertz CT molecular complexity index is 1240. The van der Waals surface area contributed by atoms with Crippen LogP contribution in [0.25, 0.3) is 5.65 Å². The van der Waals surface area contributed by atoms with Crippen molar-refractivity contribution < 1.29 is 9.47 Å². The zero-order valence-corrected chi connectivity index (χ0v) is 21.9. The molecule has 2 N–H and O–H groups in total. The minimum atomic E-state index is 0. The van der Waals surface area contributed by atoms with Crippen molar-refractivity contribution >= 4 is 11.6 Å². The maximum absolute atomic E-state index is 6.12. The van der Waals surface area contributed by atoms with E-state index >= 15 is 0 Å². The van der Waals surface area contributed by atoms with Crippen LogP contribution in [0.15, 0.2) is 60.8 Å². The molecule has 2 aromatic heterocycles. The Kier molecular flexibility index (Phi) is 7.07. The van der Waals surface area contributed by atoms with Gasteiger partial charge in [0.25, 0.3) is 6.01 Å². The summed E-state index contributed by atoms with van der Waals surface area (Å²) < 4.78 is 13.9. The van der Waals surface area contributed by atoms with E-state index < -0.39 is 0 Å². The molecule has 2 aromatic carbocycles. The average molecular weight is 720 g/mol. The van der Waals surface area contributed by atoms with E-state index in [0.29, 0.717) is 18.5 Å². The Morgan fingerprint density at radius 1 is 1.09 bits per heavy atom. The molecule has 1 aliphatic heterocycles. The second-order valence-electron chi connectivity index (χ2n) is 8.62. The fraction of sp³-hybridized carbons (Fsp3) is 0.308. The Balaban J connectivity index is 0.00000289. The summed E-state index contributed by atoms with van der Waals surface area (Å²) >= 11 is 0. The number of piperidine rings is 1. The van der Waals surface area contributed by atoms with Crippen LogP contribution in [0.2, 0.25) is 0 Å². The monoisotopic (exact) mass is 719 g/mol. The molecule has 0 saturated carbocycles. The largest absolute Gasteiger partial charge is 0.630 e. The summed E-state index contributed by atoms with van der Waals surface area (Å²) in [5, 5.41) is 11.3.